The van der Waals surface area contributed by atoms with Crippen molar-refractivity contribution in [2.75, 3.05) is 13.2 Å². The van der Waals surface area contributed by atoms with Gasteiger partial charge in [0.05, 0.1) is 6.54 Å². The number of fused-ring (bicyclic) bond motifs is 1. The molecule has 0 aromatic heterocycles. The van der Waals surface area contributed by atoms with Crippen LogP contribution in [0.15, 0.2) is 18.2 Å². The number of amides is 1. The summed E-state index contributed by atoms with van der Waals surface area (Å²) in [6.45, 7) is 4.94. The molecule has 1 heterocycles. The van der Waals surface area contributed by atoms with Gasteiger partial charge in [0, 0.05) is 11.1 Å². The number of rotatable bonds is 4. The first-order valence-electron chi connectivity index (χ1n) is 7.13. The van der Waals surface area contributed by atoms with Gasteiger partial charge in [-0.1, -0.05) is 11.6 Å². The van der Waals surface area contributed by atoms with Crippen LogP contribution < -0.4 is 48.5 Å². The maximum absolute atomic E-state index is 11.8. The summed E-state index contributed by atoms with van der Waals surface area (Å²) < 4.78 is 43.6. The fourth-order valence-corrected chi connectivity index (χ4v) is 2.74. The van der Waals surface area contributed by atoms with Gasteiger partial charge in [0.2, 0.25) is 0 Å². The van der Waals surface area contributed by atoms with Crippen LogP contribution in [0.3, 0.4) is 0 Å². The minimum Gasteiger partial charge on any atom is -1.00 e. The molecule has 0 saturated carbocycles. The molecule has 11 heteroatoms. The van der Waals surface area contributed by atoms with Crippen molar-refractivity contribution in [3.8, 4) is 11.5 Å². The van der Waals surface area contributed by atoms with Gasteiger partial charge in [-0.05, 0) is 32.9 Å². The van der Waals surface area contributed by atoms with Crippen molar-refractivity contribution in [3.05, 3.63) is 23.2 Å². The average molecular weight is 403 g/mol. The van der Waals surface area contributed by atoms with Gasteiger partial charge in [-0.15, -0.1) is 0 Å². The summed E-state index contributed by atoms with van der Waals surface area (Å²) in [5.74, 6) is 0.962. The molecule has 8 nitrogen and oxygen atoms in total. The molecule has 1 aromatic rings. The van der Waals surface area contributed by atoms with Crippen molar-refractivity contribution in [1.82, 2.24) is 9.44 Å². The predicted molar refractivity (Wildman–Crippen MR) is 88.8 cm³/mol. The summed E-state index contributed by atoms with van der Waals surface area (Å²) in [5.41, 5.74) is -0.801. The smallest absolute Gasteiger partial charge is 1.00 e. The van der Waals surface area contributed by atoms with Gasteiger partial charge >= 0.3 is 45.9 Å². The quantitative estimate of drug-likeness (QED) is 0.623. The Morgan fingerprint density at radius 2 is 2.08 bits per heavy atom. The standard InChI is InChI=1S/C14H19ClN2O6S.Na.H/c1-14(2,3)23-13(18)17-24(19,20)16-7-10-8-21-12-6-9(15)4-5-11(12)22-10;;/h4-6,10,16H,7-8H2,1-3H3,(H,17,18);;/q;+1;-1. The fraction of sp³-hybridized carbons (Fsp3) is 0.500. The molecule has 0 fully saturated rings. The Kier molecular flexibility index (Phi) is 7.85. The van der Waals surface area contributed by atoms with Gasteiger partial charge in [-0.2, -0.15) is 13.1 Å². The molecular formula is C14H20ClN2NaO6S. The second kappa shape index (κ2) is 8.79. The van der Waals surface area contributed by atoms with Crippen LogP contribution in [-0.2, 0) is 14.9 Å². The normalized spacial score (nSPS) is 16.6. The van der Waals surface area contributed by atoms with E-state index in [1.807, 2.05) is 0 Å². The van der Waals surface area contributed by atoms with Crippen LogP contribution in [0.25, 0.3) is 0 Å². The van der Waals surface area contributed by atoms with Crippen molar-refractivity contribution in [2.24, 2.45) is 0 Å². The van der Waals surface area contributed by atoms with E-state index in [9.17, 15) is 13.2 Å². The Bertz CT molecular complexity index is 729. The molecule has 0 bridgehead atoms. The zero-order valence-electron chi connectivity index (χ0n) is 15.5. The minimum absolute atomic E-state index is 0. The summed E-state index contributed by atoms with van der Waals surface area (Å²) in [6.07, 6.45) is -1.61. The summed E-state index contributed by atoms with van der Waals surface area (Å²) in [6, 6.07) is 4.89. The first-order valence-corrected chi connectivity index (χ1v) is 8.99. The third kappa shape index (κ3) is 7.59. The second-order valence-corrected chi connectivity index (χ2v) is 8.03. The SMILES string of the molecule is CC(C)(C)OC(=O)NS(=O)(=O)NCC1COc2cc(Cl)ccc2O1.[H-].[Na+]. The molecule has 1 amide bonds. The Morgan fingerprint density at radius 1 is 1.40 bits per heavy atom. The maximum Gasteiger partial charge on any atom is 1.00 e. The van der Waals surface area contributed by atoms with Crippen molar-refractivity contribution in [1.29, 1.82) is 0 Å². The predicted octanol–water partition coefficient (Wildman–Crippen LogP) is -1.04. The van der Waals surface area contributed by atoms with Crippen LogP contribution in [0.5, 0.6) is 11.5 Å². The summed E-state index contributed by atoms with van der Waals surface area (Å²) >= 11 is 5.85. The summed E-state index contributed by atoms with van der Waals surface area (Å²) in [4.78, 5) is 11.5. The molecule has 1 aliphatic heterocycles. The van der Waals surface area contributed by atoms with Gasteiger partial charge in [-0.25, -0.2) is 9.52 Å². The average Bonchev–Trinajstić information content (AvgIpc) is 2.42. The van der Waals surface area contributed by atoms with Crippen LogP contribution in [0, 0.1) is 0 Å². The number of carbonyl (C=O) groups excluding carboxylic acids is 1. The number of carbonyl (C=O) groups is 1. The second-order valence-electron chi connectivity index (χ2n) is 6.10. The molecule has 1 atom stereocenters. The molecule has 0 saturated heterocycles. The maximum atomic E-state index is 11.8. The molecule has 136 valence electrons. The van der Waals surface area contributed by atoms with E-state index in [1.54, 1.807) is 43.7 Å². The number of hydrogen-bond acceptors (Lipinski definition) is 6. The van der Waals surface area contributed by atoms with Crippen molar-refractivity contribution in [2.45, 2.75) is 32.5 Å². The molecule has 25 heavy (non-hydrogen) atoms. The first kappa shape index (κ1) is 22.3. The van der Waals surface area contributed by atoms with Crippen LogP contribution in [0.1, 0.15) is 22.2 Å². The Labute approximate surface area is 175 Å². The van der Waals surface area contributed by atoms with E-state index in [2.05, 4.69) is 4.72 Å². The van der Waals surface area contributed by atoms with Crippen LogP contribution >= 0.6 is 11.6 Å². The van der Waals surface area contributed by atoms with Crippen LogP contribution in [-0.4, -0.2) is 39.4 Å². The minimum atomic E-state index is -4.07. The first-order chi connectivity index (χ1) is 11.0. The van der Waals surface area contributed by atoms with Crippen LogP contribution in [0.4, 0.5) is 4.79 Å². The van der Waals surface area contributed by atoms with E-state index in [1.165, 1.54) is 0 Å². The van der Waals surface area contributed by atoms with Gasteiger partial charge in [0.25, 0.3) is 0 Å². The number of ether oxygens (including phenoxy) is 3. The Balaban J connectivity index is 0.00000312. The topological polar surface area (TPSA) is 103 Å². The number of nitrogens with one attached hydrogen (secondary N) is 2. The van der Waals surface area contributed by atoms with Crippen LogP contribution in [0.2, 0.25) is 5.02 Å². The third-order valence-electron chi connectivity index (χ3n) is 2.74. The number of hydrogen-bond donors (Lipinski definition) is 2. The molecule has 2 rings (SSSR count). The molecular weight excluding hydrogens is 383 g/mol. The summed E-state index contributed by atoms with van der Waals surface area (Å²) in [5, 5.41) is 0.512. The molecule has 1 unspecified atom stereocenters. The van der Waals surface area contributed by atoms with E-state index in [0.29, 0.717) is 16.5 Å². The number of halogens is 1. The van der Waals surface area contributed by atoms with E-state index in [4.69, 9.17) is 25.8 Å². The van der Waals surface area contributed by atoms with E-state index in [-0.39, 0.29) is 44.1 Å². The Hall–Kier alpha value is -0.710. The zero-order chi connectivity index (χ0) is 18.0. The molecule has 0 radical (unpaired) electrons. The zero-order valence-corrected chi connectivity index (χ0v) is 18.0. The molecule has 2 N–H and O–H groups in total. The summed E-state index contributed by atoms with van der Waals surface area (Å²) in [7, 11) is -4.07. The van der Waals surface area contributed by atoms with E-state index < -0.39 is 28.0 Å². The van der Waals surface area contributed by atoms with Crippen molar-refractivity contribution in [3.63, 3.8) is 0 Å². The Morgan fingerprint density at radius 3 is 2.72 bits per heavy atom. The van der Waals surface area contributed by atoms with E-state index in [0.717, 1.165) is 0 Å². The molecule has 0 aliphatic carbocycles. The van der Waals surface area contributed by atoms with Gasteiger partial charge in [0.1, 0.15) is 18.3 Å². The van der Waals surface area contributed by atoms with Crippen molar-refractivity contribution < 1.29 is 58.4 Å². The van der Waals surface area contributed by atoms with Gasteiger partial charge in [-0.3, -0.25) is 0 Å². The van der Waals surface area contributed by atoms with Crippen molar-refractivity contribution >= 4 is 27.9 Å². The van der Waals surface area contributed by atoms with Gasteiger partial charge < -0.3 is 15.6 Å². The fourth-order valence-electron chi connectivity index (χ4n) is 1.84. The largest absolute Gasteiger partial charge is 1.00 e. The molecule has 1 aliphatic rings. The third-order valence-corrected chi connectivity index (χ3v) is 3.96. The molecule has 1 aromatic carbocycles. The van der Waals surface area contributed by atoms with E-state index >= 15 is 0 Å². The number of benzene rings is 1. The van der Waals surface area contributed by atoms with Gasteiger partial charge in [0.15, 0.2) is 11.5 Å². The molecule has 0 spiro atoms. The monoisotopic (exact) mass is 402 g/mol.